The van der Waals surface area contributed by atoms with Crippen molar-refractivity contribution in [3.05, 3.63) is 107 Å². The molecule has 0 aliphatic carbocycles. The SMILES string of the molecule is Cc1ccccc1[C@@H](N[C@@H](C#N)c1ccccc1)c1ccccc1. The van der Waals surface area contributed by atoms with Gasteiger partial charge < -0.3 is 0 Å². The fourth-order valence-electron chi connectivity index (χ4n) is 2.94. The first-order chi connectivity index (χ1) is 11.8. The molecule has 0 saturated heterocycles. The van der Waals surface area contributed by atoms with Crippen LogP contribution in [-0.2, 0) is 0 Å². The zero-order valence-corrected chi connectivity index (χ0v) is 13.7. The molecule has 0 fully saturated rings. The van der Waals surface area contributed by atoms with E-state index in [1.165, 1.54) is 11.1 Å². The van der Waals surface area contributed by atoms with Crippen LogP contribution in [0.3, 0.4) is 0 Å². The Kier molecular flexibility index (Phi) is 5.05. The fourth-order valence-corrected chi connectivity index (χ4v) is 2.94. The highest BCUT2D eigenvalue weighted by atomic mass is 15.0. The molecule has 1 N–H and O–H groups in total. The van der Waals surface area contributed by atoms with Crippen molar-refractivity contribution in [2.24, 2.45) is 0 Å². The average Bonchev–Trinajstić information content (AvgIpc) is 2.65. The van der Waals surface area contributed by atoms with Gasteiger partial charge in [-0.1, -0.05) is 84.9 Å². The summed E-state index contributed by atoms with van der Waals surface area (Å²) in [4.78, 5) is 0. The lowest BCUT2D eigenvalue weighted by atomic mass is 9.93. The second-order valence-electron chi connectivity index (χ2n) is 5.84. The minimum atomic E-state index is -0.365. The van der Waals surface area contributed by atoms with Gasteiger partial charge in [-0.2, -0.15) is 5.26 Å². The summed E-state index contributed by atoms with van der Waals surface area (Å²) < 4.78 is 0. The molecular formula is C22H20N2. The van der Waals surface area contributed by atoms with Gasteiger partial charge in [-0.25, -0.2) is 0 Å². The first-order valence-corrected chi connectivity index (χ1v) is 8.10. The predicted octanol–water partition coefficient (Wildman–Crippen LogP) is 4.94. The number of hydrogen-bond acceptors (Lipinski definition) is 2. The first kappa shape index (κ1) is 16.0. The van der Waals surface area contributed by atoms with E-state index in [2.05, 4.69) is 42.6 Å². The quantitative estimate of drug-likeness (QED) is 0.724. The summed E-state index contributed by atoms with van der Waals surface area (Å²) in [6, 6.07) is 30.5. The Morgan fingerprint density at radius 1 is 0.750 bits per heavy atom. The maximum atomic E-state index is 9.68. The number of nitriles is 1. The average molecular weight is 312 g/mol. The molecule has 0 radical (unpaired) electrons. The van der Waals surface area contributed by atoms with Crippen molar-refractivity contribution in [1.82, 2.24) is 5.32 Å². The van der Waals surface area contributed by atoms with E-state index in [0.717, 1.165) is 11.1 Å². The van der Waals surface area contributed by atoms with Gasteiger partial charge in [0.2, 0.25) is 0 Å². The summed E-state index contributed by atoms with van der Waals surface area (Å²) in [6.45, 7) is 2.11. The lowest BCUT2D eigenvalue weighted by Crippen LogP contribution is -2.27. The summed E-state index contributed by atoms with van der Waals surface area (Å²) in [7, 11) is 0. The van der Waals surface area contributed by atoms with E-state index in [-0.39, 0.29) is 12.1 Å². The Hall–Kier alpha value is -2.89. The predicted molar refractivity (Wildman–Crippen MR) is 97.4 cm³/mol. The van der Waals surface area contributed by atoms with Gasteiger partial charge in [0.1, 0.15) is 6.04 Å². The highest BCUT2D eigenvalue weighted by molar-refractivity contribution is 5.38. The Morgan fingerprint density at radius 2 is 1.29 bits per heavy atom. The zero-order valence-electron chi connectivity index (χ0n) is 13.7. The molecule has 0 bridgehead atoms. The Bertz CT molecular complexity index is 819. The van der Waals surface area contributed by atoms with Gasteiger partial charge in [-0.3, -0.25) is 5.32 Å². The molecule has 3 rings (SSSR count). The standard InChI is InChI=1S/C22H20N2/c1-17-10-8-9-15-20(17)22(19-13-6-3-7-14-19)24-21(16-23)18-11-4-2-5-12-18/h2-15,21-22,24H,1H3/t21-,22-/m0/s1. The highest BCUT2D eigenvalue weighted by Crippen LogP contribution is 2.28. The minimum Gasteiger partial charge on any atom is -0.287 e. The van der Waals surface area contributed by atoms with Crippen LogP contribution in [0.15, 0.2) is 84.9 Å². The first-order valence-electron chi connectivity index (χ1n) is 8.10. The van der Waals surface area contributed by atoms with Crippen LogP contribution in [0.2, 0.25) is 0 Å². The summed E-state index contributed by atoms with van der Waals surface area (Å²) in [5, 5.41) is 13.2. The third kappa shape index (κ3) is 3.53. The number of nitrogens with zero attached hydrogens (tertiary/aromatic N) is 1. The second-order valence-corrected chi connectivity index (χ2v) is 5.84. The molecule has 0 aromatic heterocycles. The van der Waals surface area contributed by atoms with Crippen molar-refractivity contribution >= 4 is 0 Å². The summed E-state index contributed by atoms with van der Waals surface area (Å²) >= 11 is 0. The van der Waals surface area contributed by atoms with Gasteiger partial charge in [0.25, 0.3) is 0 Å². The molecule has 118 valence electrons. The number of nitrogens with one attached hydrogen (secondary N) is 1. The Labute approximate surface area is 143 Å². The van der Waals surface area contributed by atoms with Crippen molar-refractivity contribution < 1.29 is 0 Å². The highest BCUT2D eigenvalue weighted by Gasteiger charge is 2.20. The molecule has 3 aromatic carbocycles. The molecule has 0 unspecified atom stereocenters. The molecule has 24 heavy (non-hydrogen) atoms. The van der Waals surface area contributed by atoms with Crippen molar-refractivity contribution in [3.63, 3.8) is 0 Å². The van der Waals surface area contributed by atoms with E-state index >= 15 is 0 Å². The zero-order chi connectivity index (χ0) is 16.8. The molecule has 0 heterocycles. The van der Waals surface area contributed by atoms with Crippen LogP contribution in [0.25, 0.3) is 0 Å². The fraction of sp³-hybridized carbons (Fsp3) is 0.136. The largest absolute Gasteiger partial charge is 0.287 e. The topological polar surface area (TPSA) is 35.8 Å². The molecule has 0 aliphatic rings. The maximum absolute atomic E-state index is 9.68. The van der Waals surface area contributed by atoms with E-state index in [9.17, 15) is 5.26 Å². The second kappa shape index (κ2) is 7.59. The Morgan fingerprint density at radius 3 is 1.88 bits per heavy atom. The van der Waals surface area contributed by atoms with Crippen molar-refractivity contribution in [1.29, 1.82) is 5.26 Å². The maximum Gasteiger partial charge on any atom is 0.122 e. The molecule has 0 aliphatic heterocycles. The minimum absolute atomic E-state index is 0.0303. The Balaban J connectivity index is 2.00. The van der Waals surface area contributed by atoms with E-state index in [1.807, 2.05) is 60.7 Å². The van der Waals surface area contributed by atoms with Crippen LogP contribution in [0.1, 0.15) is 34.3 Å². The van der Waals surface area contributed by atoms with Crippen LogP contribution in [0, 0.1) is 18.3 Å². The van der Waals surface area contributed by atoms with Gasteiger partial charge >= 0.3 is 0 Å². The molecule has 0 amide bonds. The third-order valence-electron chi connectivity index (χ3n) is 4.23. The summed E-state index contributed by atoms with van der Waals surface area (Å²) in [5.41, 5.74) is 4.54. The van der Waals surface area contributed by atoms with Gasteiger partial charge in [-0.05, 0) is 29.2 Å². The van der Waals surface area contributed by atoms with Crippen LogP contribution in [-0.4, -0.2) is 0 Å². The van der Waals surface area contributed by atoms with Crippen molar-refractivity contribution in [2.45, 2.75) is 19.0 Å². The van der Waals surface area contributed by atoms with Crippen LogP contribution in [0.5, 0.6) is 0 Å². The van der Waals surface area contributed by atoms with Gasteiger partial charge in [0.15, 0.2) is 0 Å². The molecule has 3 aromatic rings. The molecule has 2 heteroatoms. The normalized spacial score (nSPS) is 13.0. The third-order valence-corrected chi connectivity index (χ3v) is 4.23. The smallest absolute Gasteiger partial charge is 0.122 e. The molecule has 2 nitrogen and oxygen atoms in total. The molecule has 0 saturated carbocycles. The number of hydrogen-bond donors (Lipinski definition) is 1. The monoisotopic (exact) mass is 312 g/mol. The van der Waals surface area contributed by atoms with E-state index in [4.69, 9.17) is 0 Å². The molecular weight excluding hydrogens is 292 g/mol. The van der Waals surface area contributed by atoms with Crippen LogP contribution in [0.4, 0.5) is 0 Å². The number of aryl methyl sites for hydroxylation is 1. The lowest BCUT2D eigenvalue weighted by molar-refractivity contribution is 0.557. The van der Waals surface area contributed by atoms with Gasteiger partial charge in [0.05, 0.1) is 12.1 Å². The van der Waals surface area contributed by atoms with Crippen molar-refractivity contribution in [2.75, 3.05) is 0 Å². The van der Waals surface area contributed by atoms with Gasteiger partial charge in [-0.15, -0.1) is 0 Å². The van der Waals surface area contributed by atoms with Gasteiger partial charge in [0, 0.05) is 0 Å². The number of benzene rings is 3. The van der Waals surface area contributed by atoms with Crippen LogP contribution < -0.4 is 5.32 Å². The van der Waals surface area contributed by atoms with Crippen LogP contribution >= 0.6 is 0 Å². The summed E-state index contributed by atoms with van der Waals surface area (Å²) in [5.74, 6) is 0. The lowest BCUT2D eigenvalue weighted by Gasteiger charge is -2.24. The number of rotatable bonds is 5. The van der Waals surface area contributed by atoms with E-state index in [1.54, 1.807) is 0 Å². The summed E-state index contributed by atoms with van der Waals surface area (Å²) in [6.07, 6.45) is 0. The van der Waals surface area contributed by atoms with E-state index in [0.29, 0.717) is 0 Å². The molecule has 2 atom stereocenters. The van der Waals surface area contributed by atoms with Crippen molar-refractivity contribution in [3.8, 4) is 6.07 Å². The van der Waals surface area contributed by atoms with E-state index < -0.39 is 0 Å². The molecule has 0 spiro atoms.